The molecule has 15 heteroatoms. The molecule has 48 heavy (non-hydrogen) atoms. The molecular weight excluding hydrogens is 618 g/mol. The van der Waals surface area contributed by atoms with E-state index in [2.05, 4.69) is 16.0 Å². The van der Waals surface area contributed by atoms with Gasteiger partial charge in [-0.2, -0.15) is 15.0 Å². The van der Waals surface area contributed by atoms with E-state index in [-0.39, 0.29) is 36.4 Å². The second-order valence-electron chi connectivity index (χ2n) is 16.0. The fraction of sp³-hybridized carbons (Fsp3) is 0.818. The Morgan fingerprint density at radius 1 is 0.479 bits per heavy atom. The summed E-state index contributed by atoms with van der Waals surface area (Å²) in [6.45, 7) is 20.2. The lowest BCUT2D eigenvalue weighted by atomic mass is 10.1. The van der Waals surface area contributed by atoms with Gasteiger partial charge in [0, 0.05) is 57.4 Å². The van der Waals surface area contributed by atoms with Crippen molar-refractivity contribution in [3.05, 3.63) is 0 Å². The van der Waals surface area contributed by atoms with Crippen molar-refractivity contribution in [1.82, 2.24) is 29.7 Å². The lowest BCUT2D eigenvalue weighted by molar-refractivity contribution is 0.0200. The molecule has 3 N–H and O–H groups in total. The van der Waals surface area contributed by atoms with Crippen molar-refractivity contribution < 1.29 is 28.6 Å². The van der Waals surface area contributed by atoms with Gasteiger partial charge in [0.1, 0.15) is 16.8 Å². The van der Waals surface area contributed by atoms with Crippen LogP contribution >= 0.6 is 0 Å². The number of nitrogens with one attached hydrogen (secondary N) is 3. The zero-order chi connectivity index (χ0) is 35.3. The molecule has 1 aromatic rings. The highest BCUT2D eigenvalue weighted by atomic mass is 16.6. The molecular formula is C33H57N9O6. The van der Waals surface area contributed by atoms with Crippen LogP contribution in [0.5, 0.6) is 0 Å². The molecule has 3 aliphatic heterocycles. The number of carbonyl (C=O) groups is 3. The molecule has 3 aliphatic rings. The number of piperidine rings is 3. The van der Waals surface area contributed by atoms with Crippen LogP contribution < -0.4 is 16.0 Å². The number of likely N-dealkylation sites (tertiary alicyclic amines) is 3. The average Bonchev–Trinajstić information content (AvgIpc) is 2.95. The third-order valence-corrected chi connectivity index (χ3v) is 8.08. The molecule has 3 amide bonds. The van der Waals surface area contributed by atoms with Crippen molar-refractivity contribution in [2.75, 3.05) is 55.2 Å². The van der Waals surface area contributed by atoms with Gasteiger partial charge in [0.25, 0.3) is 0 Å². The van der Waals surface area contributed by atoms with Crippen LogP contribution in [-0.2, 0) is 14.2 Å². The molecule has 0 saturated carbocycles. The number of carbonyl (C=O) groups excluding carboxylic acids is 3. The Labute approximate surface area is 285 Å². The number of hydrogen-bond acceptors (Lipinski definition) is 12. The second-order valence-corrected chi connectivity index (χ2v) is 16.0. The topological polar surface area (TPSA) is 163 Å². The van der Waals surface area contributed by atoms with Crippen molar-refractivity contribution >= 4 is 36.1 Å². The number of nitrogens with zero attached hydrogens (tertiary/aromatic N) is 6. The van der Waals surface area contributed by atoms with E-state index in [1.807, 2.05) is 62.3 Å². The quantitative estimate of drug-likeness (QED) is 0.334. The lowest BCUT2D eigenvalue weighted by Gasteiger charge is -2.34. The third-order valence-electron chi connectivity index (χ3n) is 8.08. The van der Waals surface area contributed by atoms with Crippen LogP contribution in [0.15, 0.2) is 0 Å². The Morgan fingerprint density at radius 2 is 0.688 bits per heavy atom. The average molecular weight is 676 g/mol. The van der Waals surface area contributed by atoms with Crippen molar-refractivity contribution in [3.8, 4) is 0 Å². The molecule has 270 valence electrons. The van der Waals surface area contributed by atoms with Crippen molar-refractivity contribution in [2.45, 2.75) is 136 Å². The van der Waals surface area contributed by atoms with Crippen molar-refractivity contribution in [2.24, 2.45) is 0 Å². The molecule has 4 rings (SSSR count). The van der Waals surface area contributed by atoms with Gasteiger partial charge in [-0.15, -0.1) is 0 Å². The molecule has 0 radical (unpaired) electrons. The highest BCUT2D eigenvalue weighted by Crippen LogP contribution is 2.23. The Balaban J connectivity index is 1.39. The predicted octanol–water partition coefficient (Wildman–Crippen LogP) is 5.31. The first kappa shape index (κ1) is 37.0. The molecule has 3 fully saturated rings. The van der Waals surface area contributed by atoms with E-state index in [0.717, 1.165) is 38.5 Å². The van der Waals surface area contributed by atoms with E-state index < -0.39 is 16.8 Å². The maximum absolute atomic E-state index is 12.6. The zero-order valence-electron chi connectivity index (χ0n) is 30.4. The van der Waals surface area contributed by atoms with Gasteiger partial charge in [-0.05, 0) is 101 Å². The van der Waals surface area contributed by atoms with Gasteiger partial charge in [0.2, 0.25) is 17.8 Å². The molecule has 3 saturated heterocycles. The number of hydrogen-bond donors (Lipinski definition) is 3. The minimum absolute atomic E-state index is 0.0703. The summed E-state index contributed by atoms with van der Waals surface area (Å²) in [4.78, 5) is 57.1. The van der Waals surface area contributed by atoms with Gasteiger partial charge >= 0.3 is 18.3 Å². The first-order chi connectivity index (χ1) is 22.3. The fourth-order valence-electron chi connectivity index (χ4n) is 5.72. The van der Waals surface area contributed by atoms with Gasteiger partial charge < -0.3 is 44.9 Å². The summed E-state index contributed by atoms with van der Waals surface area (Å²) in [6, 6.07) is 0.211. The maximum Gasteiger partial charge on any atom is 0.410 e. The predicted molar refractivity (Wildman–Crippen MR) is 183 cm³/mol. The Bertz CT molecular complexity index is 1090. The summed E-state index contributed by atoms with van der Waals surface area (Å²) >= 11 is 0. The van der Waals surface area contributed by atoms with Crippen molar-refractivity contribution in [1.29, 1.82) is 0 Å². The van der Waals surface area contributed by atoms with E-state index in [4.69, 9.17) is 29.2 Å². The lowest BCUT2D eigenvalue weighted by Crippen LogP contribution is -2.45. The molecule has 0 spiro atoms. The van der Waals surface area contributed by atoms with Gasteiger partial charge in [-0.3, -0.25) is 0 Å². The molecule has 0 atom stereocenters. The monoisotopic (exact) mass is 675 g/mol. The van der Waals surface area contributed by atoms with E-state index in [0.29, 0.717) is 57.1 Å². The summed E-state index contributed by atoms with van der Waals surface area (Å²) in [6.07, 6.45) is 3.46. The molecule has 0 aromatic carbocycles. The molecule has 0 aliphatic carbocycles. The standard InChI is InChI=1S/C33H57N9O6/c1-31(2,3)46-28(43)40-16-10-22(11-17-40)34-25-37-26(35-23-12-18-41(19-13-23)29(44)47-32(4,5)6)39-27(38-25)36-24-14-20-42(21-15-24)30(45)48-33(7,8)9/h22-24H,10-21H2,1-9H3,(H3,34,35,36,37,38,39). The minimum atomic E-state index is -0.539. The van der Waals surface area contributed by atoms with E-state index in [1.165, 1.54) is 0 Å². The summed E-state index contributed by atoms with van der Waals surface area (Å²) in [7, 11) is 0. The number of amides is 3. The van der Waals surface area contributed by atoms with Gasteiger partial charge in [0.05, 0.1) is 0 Å². The van der Waals surface area contributed by atoms with Crippen molar-refractivity contribution in [3.63, 3.8) is 0 Å². The molecule has 0 bridgehead atoms. The smallest absolute Gasteiger partial charge is 0.410 e. The van der Waals surface area contributed by atoms with Crippen LogP contribution in [0.3, 0.4) is 0 Å². The largest absolute Gasteiger partial charge is 0.444 e. The van der Waals surface area contributed by atoms with Crippen LogP contribution in [0.4, 0.5) is 32.2 Å². The molecule has 4 heterocycles. The first-order valence-electron chi connectivity index (χ1n) is 17.3. The van der Waals surface area contributed by atoms with E-state index in [9.17, 15) is 14.4 Å². The summed E-state index contributed by atoms with van der Waals surface area (Å²) in [5.41, 5.74) is -1.62. The zero-order valence-corrected chi connectivity index (χ0v) is 30.4. The third kappa shape index (κ3) is 12.0. The number of anilines is 3. The Kier molecular flexibility index (Phi) is 11.7. The number of aromatic nitrogens is 3. The minimum Gasteiger partial charge on any atom is -0.444 e. The van der Waals surface area contributed by atoms with Gasteiger partial charge in [-0.1, -0.05) is 0 Å². The van der Waals surface area contributed by atoms with Crippen LogP contribution in [0.1, 0.15) is 101 Å². The summed E-state index contributed by atoms with van der Waals surface area (Å²) in [5, 5.41) is 10.4. The van der Waals surface area contributed by atoms with Gasteiger partial charge in [0.15, 0.2) is 0 Å². The number of ether oxygens (including phenoxy) is 3. The van der Waals surface area contributed by atoms with E-state index in [1.54, 1.807) is 14.7 Å². The number of rotatable bonds is 6. The Morgan fingerprint density at radius 3 is 0.875 bits per heavy atom. The summed E-state index contributed by atoms with van der Waals surface area (Å²) < 4.78 is 16.6. The van der Waals surface area contributed by atoms with E-state index >= 15 is 0 Å². The highest BCUT2D eigenvalue weighted by Gasteiger charge is 2.31. The van der Waals surface area contributed by atoms with Crippen LogP contribution in [0, 0.1) is 0 Å². The normalized spacial score (nSPS) is 19.1. The fourth-order valence-corrected chi connectivity index (χ4v) is 5.72. The first-order valence-corrected chi connectivity index (χ1v) is 17.3. The molecule has 1 aromatic heterocycles. The van der Waals surface area contributed by atoms with Gasteiger partial charge in [-0.25, -0.2) is 14.4 Å². The summed E-state index contributed by atoms with van der Waals surface area (Å²) in [5.74, 6) is 1.34. The second kappa shape index (κ2) is 15.2. The SMILES string of the molecule is CC(C)(C)OC(=O)N1CCC(Nc2nc(NC3CCN(C(=O)OC(C)(C)C)CC3)nc(NC3CCN(C(=O)OC(C)(C)C)CC3)n2)CC1. The Hall–Kier alpha value is -3.78. The maximum atomic E-state index is 12.6. The highest BCUT2D eigenvalue weighted by molar-refractivity contribution is 5.69. The van der Waals surface area contributed by atoms with Crippen LogP contribution in [-0.4, -0.2) is 122 Å². The van der Waals surface area contributed by atoms with Crippen LogP contribution in [0.2, 0.25) is 0 Å². The van der Waals surface area contributed by atoms with Crippen LogP contribution in [0.25, 0.3) is 0 Å². The molecule has 15 nitrogen and oxygen atoms in total. The molecule has 0 unspecified atom stereocenters.